The molecule has 16 heavy (non-hydrogen) atoms. The Morgan fingerprint density at radius 2 is 2.12 bits per heavy atom. The fraction of sp³-hybridized carbons (Fsp3) is 0.571. The number of benzene rings is 1. The maximum Gasteiger partial charge on any atom is 0.124 e. The Balaban J connectivity index is 1.95. The molecule has 1 aromatic carbocycles. The molecule has 0 saturated heterocycles. The summed E-state index contributed by atoms with van der Waals surface area (Å²) >= 11 is 0. The Hall–Kier alpha value is -1.02. The molecule has 0 unspecified atom stereocenters. The minimum Gasteiger partial charge on any atom is -0.496 e. The Kier molecular flexibility index (Phi) is 3.20. The number of hydrogen-bond acceptors (Lipinski definition) is 2. The standard InChI is InChI=1S/C14H21NO/c1-11-5-3-6-12(13(11)16-2)7-4-8-14(15)9-10-14/h3,5-6H,4,7-10,15H2,1-2H3. The van der Waals surface area contributed by atoms with Crippen LogP contribution in [-0.2, 0) is 6.42 Å². The van der Waals surface area contributed by atoms with Crippen molar-refractivity contribution in [2.45, 2.75) is 44.6 Å². The van der Waals surface area contributed by atoms with Crippen LogP contribution >= 0.6 is 0 Å². The molecule has 0 spiro atoms. The third kappa shape index (κ3) is 2.56. The van der Waals surface area contributed by atoms with Crippen LogP contribution in [0.25, 0.3) is 0 Å². The first-order chi connectivity index (χ1) is 7.64. The van der Waals surface area contributed by atoms with Crippen molar-refractivity contribution in [3.63, 3.8) is 0 Å². The lowest BCUT2D eigenvalue weighted by atomic mass is 10.0. The zero-order valence-corrected chi connectivity index (χ0v) is 10.3. The lowest BCUT2D eigenvalue weighted by molar-refractivity contribution is 0.405. The van der Waals surface area contributed by atoms with E-state index in [1.807, 2.05) is 0 Å². The largest absolute Gasteiger partial charge is 0.496 e. The molecule has 0 atom stereocenters. The maximum atomic E-state index is 6.08. The van der Waals surface area contributed by atoms with Crippen molar-refractivity contribution >= 4 is 0 Å². The Bertz CT molecular complexity index is 369. The van der Waals surface area contributed by atoms with Gasteiger partial charge in [0.15, 0.2) is 0 Å². The van der Waals surface area contributed by atoms with Crippen LogP contribution in [0, 0.1) is 6.92 Å². The molecule has 2 N–H and O–H groups in total. The van der Waals surface area contributed by atoms with E-state index in [-0.39, 0.29) is 5.54 Å². The molecule has 1 aromatic rings. The van der Waals surface area contributed by atoms with E-state index >= 15 is 0 Å². The van der Waals surface area contributed by atoms with Crippen molar-refractivity contribution in [1.29, 1.82) is 0 Å². The molecule has 0 bridgehead atoms. The number of nitrogens with two attached hydrogens (primary N) is 1. The molecule has 1 aliphatic rings. The second kappa shape index (κ2) is 4.46. The van der Waals surface area contributed by atoms with Crippen molar-refractivity contribution in [3.8, 4) is 5.75 Å². The first-order valence-corrected chi connectivity index (χ1v) is 6.06. The molecule has 1 fully saturated rings. The summed E-state index contributed by atoms with van der Waals surface area (Å²) in [7, 11) is 1.75. The molecule has 0 aromatic heterocycles. The van der Waals surface area contributed by atoms with E-state index in [2.05, 4.69) is 25.1 Å². The molecule has 2 heteroatoms. The monoisotopic (exact) mass is 219 g/mol. The third-order valence-corrected chi connectivity index (χ3v) is 3.51. The second-order valence-electron chi connectivity index (χ2n) is 4.98. The van der Waals surface area contributed by atoms with Gasteiger partial charge in [-0.15, -0.1) is 0 Å². The second-order valence-corrected chi connectivity index (χ2v) is 4.98. The summed E-state index contributed by atoms with van der Waals surface area (Å²) < 4.78 is 5.44. The lowest BCUT2D eigenvalue weighted by Crippen LogP contribution is -2.21. The highest BCUT2D eigenvalue weighted by Crippen LogP contribution is 2.37. The summed E-state index contributed by atoms with van der Waals surface area (Å²) in [6.45, 7) is 2.09. The molecule has 0 aliphatic heterocycles. The molecule has 0 amide bonds. The van der Waals surface area contributed by atoms with E-state index in [1.54, 1.807) is 7.11 Å². The molecule has 0 radical (unpaired) electrons. The van der Waals surface area contributed by atoms with Gasteiger partial charge in [-0.25, -0.2) is 0 Å². The highest BCUT2D eigenvalue weighted by atomic mass is 16.5. The van der Waals surface area contributed by atoms with Crippen molar-refractivity contribution in [3.05, 3.63) is 29.3 Å². The molecule has 0 heterocycles. The van der Waals surface area contributed by atoms with E-state index in [1.165, 1.54) is 24.0 Å². The van der Waals surface area contributed by atoms with Crippen LogP contribution in [0.4, 0.5) is 0 Å². The van der Waals surface area contributed by atoms with Gasteiger partial charge in [-0.2, -0.15) is 0 Å². The van der Waals surface area contributed by atoms with Gasteiger partial charge in [0.1, 0.15) is 5.75 Å². The van der Waals surface area contributed by atoms with Crippen molar-refractivity contribution in [2.75, 3.05) is 7.11 Å². The van der Waals surface area contributed by atoms with E-state index in [9.17, 15) is 0 Å². The van der Waals surface area contributed by atoms with E-state index in [4.69, 9.17) is 10.5 Å². The summed E-state index contributed by atoms with van der Waals surface area (Å²) in [4.78, 5) is 0. The van der Waals surface area contributed by atoms with Gasteiger partial charge in [0.05, 0.1) is 7.11 Å². The molecule has 2 nitrogen and oxygen atoms in total. The topological polar surface area (TPSA) is 35.2 Å². The molecule has 2 rings (SSSR count). The fourth-order valence-corrected chi connectivity index (χ4v) is 2.24. The van der Waals surface area contributed by atoms with Crippen LogP contribution in [-0.4, -0.2) is 12.6 Å². The number of aryl methyl sites for hydroxylation is 2. The third-order valence-electron chi connectivity index (χ3n) is 3.51. The summed E-state index contributed by atoms with van der Waals surface area (Å²) in [6.07, 6.45) is 5.79. The normalized spacial score (nSPS) is 17.2. The molecule has 88 valence electrons. The van der Waals surface area contributed by atoms with Gasteiger partial charge in [-0.1, -0.05) is 18.2 Å². The predicted octanol–water partition coefficient (Wildman–Crippen LogP) is 2.82. The number of hydrogen-bond donors (Lipinski definition) is 1. The quantitative estimate of drug-likeness (QED) is 0.826. The minimum atomic E-state index is 0.178. The number of ether oxygens (including phenoxy) is 1. The van der Waals surface area contributed by atoms with Gasteiger partial charge in [0.2, 0.25) is 0 Å². The lowest BCUT2D eigenvalue weighted by Gasteiger charge is -2.12. The van der Waals surface area contributed by atoms with Crippen LogP contribution in [0.1, 0.15) is 36.8 Å². The van der Waals surface area contributed by atoms with Gasteiger partial charge in [-0.05, 0) is 50.2 Å². The van der Waals surface area contributed by atoms with Crippen molar-refractivity contribution in [1.82, 2.24) is 0 Å². The Morgan fingerprint density at radius 3 is 2.75 bits per heavy atom. The van der Waals surface area contributed by atoms with E-state index in [0.29, 0.717) is 0 Å². The summed E-state index contributed by atoms with van der Waals surface area (Å²) in [6, 6.07) is 6.35. The van der Waals surface area contributed by atoms with E-state index in [0.717, 1.165) is 25.0 Å². The molecular formula is C14H21NO. The fourth-order valence-electron chi connectivity index (χ4n) is 2.24. The predicted molar refractivity (Wildman–Crippen MR) is 66.8 cm³/mol. The van der Waals surface area contributed by atoms with Crippen molar-refractivity contribution in [2.24, 2.45) is 5.73 Å². The van der Waals surface area contributed by atoms with Gasteiger partial charge in [-0.3, -0.25) is 0 Å². The van der Waals surface area contributed by atoms with Crippen LogP contribution in [0.5, 0.6) is 5.75 Å². The van der Waals surface area contributed by atoms with Crippen LogP contribution < -0.4 is 10.5 Å². The first kappa shape index (κ1) is 11.5. The maximum absolute atomic E-state index is 6.08. The molecule has 1 aliphatic carbocycles. The van der Waals surface area contributed by atoms with Gasteiger partial charge in [0.25, 0.3) is 0 Å². The van der Waals surface area contributed by atoms with Gasteiger partial charge < -0.3 is 10.5 Å². The Labute approximate surface area is 97.8 Å². The highest BCUT2D eigenvalue weighted by Gasteiger charge is 2.37. The average Bonchev–Trinajstić information content (AvgIpc) is 2.97. The molecule has 1 saturated carbocycles. The van der Waals surface area contributed by atoms with Crippen LogP contribution in [0.15, 0.2) is 18.2 Å². The summed E-state index contributed by atoms with van der Waals surface area (Å²) in [5.41, 5.74) is 8.79. The van der Waals surface area contributed by atoms with Crippen molar-refractivity contribution < 1.29 is 4.74 Å². The average molecular weight is 219 g/mol. The van der Waals surface area contributed by atoms with Gasteiger partial charge >= 0.3 is 0 Å². The Morgan fingerprint density at radius 1 is 1.38 bits per heavy atom. The summed E-state index contributed by atoms with van der Waals surface area (Å²) in [5, 5.41) is 0. The number of methoxy groups -OCH3 is 1. The number of rotatable bonds is 5. The van der Waals surface area contributed by atoms with E-state index < -0.39 is 0 Å². The number of para-hydroxylation sites is 1. The van der Waals surface area contributed by atoms with Crippen LogP contribution in [0.2, 0.25) is 0 Å². The zero-order chi connectivity index (χ0) is 11.6. The molecular weight excluding hydrogens is 198 g/mol. The summed E-state index contributed by atoms with van der Waals surface area (Å²) in [5.74, 6) is 1.05. The first-order valence-electron chi connectivity index (χ1n) is 6.06. The SMILES string of the molecule is COc1c(C)cccc1CCCC1(N)CC1. The minimum absolute atomic E-state index is 0.178. The smallest absolute Gasteiger partial charge is 0.124 e. The van der Waals surface area contributed by atoms with Gasteiger partial charge in [0, 0.05) is 5.54 Å². The zero-order valence-electron chi connectivity index (χ0n) is 10.3. The van der Waals surface area contributed by atoms with Crippen LogP contribution in [0.3, 0.4) is 0 Å². The highest BCUT2D eigenvalue weighted by molar-refractivity contribution is 5.40.